The van der Waals surface area contributed by atoms with Gasteiger partial charge < -0.3 is 10.2 Å². The van der Waals surface area contributed by atoms with Crippen molar-refractivity contribution in [3.8, 4) is 0 Å². The number of rotatable bonds is 6. The van der Waals surface area contributed by atoms with Gasteiger partial charge in [-0.15, -0.1) is 6.58 Å². The van der Waals surface area contributed by atoms with E-state index in [0.29, 0.717) is 12.6 Å². The molecule has 1 aliphatic rings. The van der Waals surface area contributed by atoms with Gasteiger partial charge in [-0.1, -0.05) is 17.7 Å². The summed E-state index contributed by atoms with van der Waals surface area (Å²) in [7, 11) is 1.90. The molecule has 2 rings (SSSR count). The summed E-state index contributed by atoms with van der Waals surface area (Å²) >= 11 is 6.11. The van der Waals surface area contributed by atoms with Gasteiger partial charge in [0.05, 0.1) is 10.7 Å². The maximum atomic E-state index is 6.11. The molecule has 1 aromatic heterocycles. The number of anilines is 1. The van der Waals surface area contributed by atoms with Crippen molar-refractivity contribution in [1.82, 2.24) is 10.3 Å². The van der Waals surface area contributed by atoms with E-state index >= 15 is 0 Å². The fourth-order valence-corrected chi connectivity index (χ4v) is 2.05. The minimum absolute atomic E-state index is 0.629. The summed E-state index contributed by atoms with van der Waals surface area (Å²) in [4.78, 5) is 6.92. The second-order valence-electron chi connectivity index (χ2n) is 4.30. The van der Waals surface area contributed by atoms with Crippen molar-refractivity contribution in [1.29, 1.82) is 0 Å². The van der Waals surface area contributed by atoms with Crippen LogP contribution in [0.15, 0.2) is 24.8 Å². The first kappa shape index (κ1) is 12.4. The highest BCUT2D eigenvalue weighted by Gasteiger charge is 2.29. The highest BCUT2D eigenvalue weighted by atomic mass is 35.5. The Kier molecular flexibility index (Phi) is 4.02. The van der Waals surface area contributed by atoms with Gasteiger partial charge in [0.2, 0.25) is 0 Å². The van der Waals surface area contributed by atoms with Gasteiger partial charge in [-0.3, -0.25) is 0 Å². The van der Waals surface area contributed by atoms with Crippen LogP contribution in [0.1, 0.15) is 18.5 Å². The highest BCUT2D eigenvalue weighted by Crippen LogP contribution is 2.31. The van der Waals surface area contributed by atoms with E-state index < -0.39 is 0 Å². The Morgan fingerprint density at radius 3 is 2.94 bits per heavy atom. The lowest BCUT2D eigenvalue weighted by Gasteiger charge is -2.22. The van der Waals surface area contributed by atoms with Crippen molar-refractivity contribution in [2.24, 2.45) is 0 Å². The van der Waals surface area contributed by atoms with Crippen LogP contribution in [-0.2, 0) is 6.54 Å². The van der Waals surface area contributed by atoms with Crippen molar-refractivity contribution < 1.29 is 0 Å². The van der Waals surface area contributed by atoms with Gasteiger partial charge in [-0.25, -0.2) is 4.98 Å². The molecule has 0 aliphatic heterocycles. The normalized spacial score (nSPS) is 14.7. The number of halogens is 1. The third kappa shape index (κ3) is 2.99. The molecule has 0 spiro atoms. The summed E-state index contributed by atoms with van der Waals surface area (Å²) in [6.45, 7) is 5.34. The van der Waals surface area contributed by atoms with E-state index in [9.17, 15) is 0 Å². The van der Waals surface area contributed by atoms with Gasteiger partial charge in [0.15, 0.2) is 0 Å². The van der Waals surface area contributed by atoms with E-state index in [1.807, 2.05) is 25.3 Å². The van der Waals surface area contributed by atoms with Gasteiger partial charge in [0.1, 0.15) is 5.82 Å². The molecule has 1 aliphatic carbocycles. The molecule has 0 amide bonds. The lowest BCUT2D eigenvalue weighted by atomic mass is 10.3. The maximum absolute atomic E-state index is 6.11. The first-order valence-corrected chi connectivity index (χ1v) is 6.31. The van der Waals surface area contributed by atoms with E-state index in [1.54, 1.807) is 0 Å². The molecule has 1 saturated carbocycles. The molecular formula is C13H18ClN3. The van der Waals surface area contributed by atoms with Crippen LogP contribution >= 0.6 is 11.6 Å². The minimum atomic E-state index is 0.629. The largest absolute Gasteiger partial charge is 0.350 e. The minimum Gasteiger partial charge on any atom is -0.350 e. The Bertz CT molecular complexity index is 402. The van der Waals surface area contributed by atoms with E-state index in [2.05, 4.69) is 21.8 Å². The summed E-state index contributed by atoms with van der Waals surface area (Å²) in [6, 6.07) is 4.54. The fourth-order valence-electron chi connectivity index (χ4n) is 1.88. The first-order valence-electron chi connectivity index (χ1n) is 5.94. The van der Waals surface area contributed by atoms with Crippen molar-refractivity contribution in [2.75, 3.05) is 18.5 Å². The lowest BCUT2D eigenvalue weighted by molar-refractivity contribution is 0.776. The van der Waals surface area contributed by atoms with E-state index in [1.165, 1.54) is 12.8 Å². The molecule has 1 N–H and O–H groups in total. The molecule has 4 heteroatoms. The van der Waals surface area contributed by atoms with Crippen molar-refractivity contribution >= 4 is 17.4 Å². The topological polar surface area (TPSA) is 28.2 Å². The summed E-state index contributed by atoms with van der Waals surface area (Å²) in [5.74, 6) is 1.00. The molecule has 0 radical (unpaired) electrons. The Morgan fingerprint density at radius 2 is 2.35 bits per heavy atom. The van der Waals surface area contributed by atoms with Gasteiger partial charge in [0, 0.05) is 19.1 Å². The Morgan fingerprint density at radius 1 is 1.59 bits per heavy atom. The second-order valence-corrected chi connectivity index (χ2v) is 4.71. The number of nitrogens with one attached hydrogen (secondary N) is 1. The number of pyridine rings is 1. The predicted octanol–water partition coefficient (Wildman–Crippen LogP) is 2.61. The van der Waals surface area contributed by atoms with Gasteiger partial charge in [-0.05, 0) is 32.0 Å². The third-order valence-electron chi connectivity index (χ3n) is 2.86. The quantitative estimate of drug-likeness (QED) is 0.788. The molecule has 1 aromatic rings. The Hall–Kier alpha value is -1.06. The Balaban J connectivity index is 2.23. The number of hydrogen-bond acceptors (Lipinski definition) is 3. The molecular weight excluding hydrogens is 234 g/mol. The van der Waals surface area contributed by atoms with Gasteiger partial charge in [0.25, 0.3) is 0 Å². The zero-order valence-corrected chi connectivity index (χ0v) is 10.9. The molecule has 0 atom stereocenters. The van der Waals surface area contributed by atoms with Crippen LogP contribution in [0.4, 0.5) is 5.82 Å². The molecule has 1 heterocycles. The highest BCUT2D eigenvalue weighted by molar-refractivity contribution is 6.31. The van der Waals surface area contributed by atoms with Gasteiger partial charge in [-0.2, -0.15) is 0 Å². The first-order chi connectivity index (χ1) is 8.26. The van der Waals surface area contributed by atoms with E-state index in [-0.39, 0.29) is 0 Å². The molecule has 1 fully saturated rings. The van der Waals surface area contributed by atoms with Crippen LogP contribution < -0.4 is 10.2 Å². The molecule has 17 heavy (non-hydrogen) atoms. The summed E-state index contributed by atoms with van der Waals surface area (Å²) in [5, 5.41) is 3.80. The van der Waals surface area contributed by atoms with Crippen molar-refractivity contribution in [3.05, 3.63) is 35.5 Å². The second kappa shape index (κ2) is 5.52. The van der Waals surface area contributed by atoms with Crippen LogP contribution in [0, 0.1) is 0 Å². The fraction of sp³-hybridized carbons (Fsp3) is 0.462. The van der Waals surface area contributed by atoms with Crippen LogP contribution in [0.25, 0.3) is 0 Å². The van der Waals surface area contributed by atoms with E-state index in [4.69, 9.17) is 11.6 Å². The summed E-state index contributed by atoms with van der Waals surface area (Å²) in [5.41, 5.74) is 0.904. The average molecular weight is 252 g/mol. The Labute approximate surface area is 107 Å². The zero-order chi connectivity index (χ0) is 12.3. The monoisotopic (exact) mass is 251 g/mol. The summed E-state index contributed by atoms with van der Waals surface area (Å²) < 4.78 is 0. The molecule has 92 valence electrons. The molecule has 0 aromatic carbocycles. The number of aromatic nitrogens is 1. The number of hydrogen-bond donors (Lipinski definition) is 1. The standard InChI is InChI=1S/C13H18ClN3/c1-3-8-17(10-4-5-10)13-7-6-11(14)12(16-13)9-15-2/h3,6-7,10,15H,1,4-5,8-9H2,2H3. The van der Waals surface area contributed by atoms with Crippen molar-refractivity contribution in [2.45, 2.75) is 25.4 Å². The zero-order valence-electron chi connectivity index (χ0n) is 10.1. The summed E-state index contributed by atoms with van der Waals surface area (Å²) in [6.07, 6.45) is 4.42. The third-order valence-corrected chi connectivity index (χ3v) is 3.20. The van der Waals surface area contributed by atoms with Crippen LogP contribution in [0.2, 0.25) is 5.02 Å². The van der Waals surface area contributed by atoms with E-state index in [0.717, 1.165) is 23.1 Å². The lowest BCUT2D eigenvalue weighted by Crippen LogP contribution is -2.27. The maximum Gasteiger partial charge on any atom is 0.129 e. The average Bonchev–Trinajstić information content (AvgIpc) is 3.14. The molecule has 0 unspecified atom stereocenters. The molecule has 3 nitrogen and oxygen atoms in total. The van der Waals surface area contributed by atoms with Crippen LogP contribution in [0.5, 0.6) is 0 Å². The smallest absolute Gasteiger partial charge is 0.129 e. The van der Waals surface area contributed by atoms with Crippen LogP contribution in [0.3, 0.4) is 0 Å². The van der Waals surface area contributed by atoms with Crippen molar-refractivity contribution in [3.63, 3.8) is 0 Å². The van der Waals surface area contributed by atoms with Crippen LogP contribution in [-0.4, -0.2) is 24.6 Å². The molecule has 0 bridgehead atoms. The SMILES string of the molecule is C=CCN(c1ccc(Cl)c(CNC)n1)C1CC1. The molecule has 0 saturated heterocycles. The predicted molar refractivity (Wildman–Crippen MR) is 72.6 cm³/mol. The number of nitrogens with zero attached hydrogens (tertiary/aromatic N) is 2. The van der Waals surface area contributed by atoms with Gasteiger partial charge >= 0.3 is 0 Å².